The van der Waals surface area contributed by atoms with Crippen molar-refractivity contribution in [3.8, 4) is 0 Å². The Morgan fingerprint density at radius 2 is 2.13 bits per heavy atom. The zero-order valence-electron chi connectivity index (χ0n) is 16.5. The molecule has 1 aromatic heterocycles. The van der Waals surface area contributed by atoms with E-state index in [1.54, 1.807) is 6.20 Å². The largest absolute Gasteiger partial charge is 0.394 e. The number of carbonyl (C=O) groups is 1. The maximum Gasteiger partial charge on any atom is 0.251 e. The Balaban J connectivity index is 1.63. The molecule has 162 valence electrons. The molecule has 3 N–H and O–H groups in total. The average molecular weight is 438 g/mol. The molecular formula is C21H25ClFN3O4. The molecule has 3 rings (SSSR count). The molecule has 0 unspecified atom stereocenters. The summed E-state index contributed by atoms with van der Waals surface area (Å²) < 4.78 is 19.1. The number of rotatable bonds is 8. The molecule has 0 aliphatic carbocycles. The Hall–Kier alpha value is -2.10. The highest BCUT2D eigenvalue weighted by Crippen LogP contribution is 2.25. The van der Waals surface area contributed by atoms with Crippen LogP contribution in [0.25, 0.3) is 0 Å². The Kier molecular flexibility index (Phi) is 7.74. The van der Waals surface area contributed by atoms with Crippen LogP contribution in [-0.4, -0.2) is 77.1 Å². The van der Waals surface area contributed by atoms with Gasteiger partial charge >= 0.3 is 0 Å². The molecule has 1 aliphatic rings. The van der Waals surface area contributed by atoms with Crippen LogP contribution in [0.3, 0.4) is 0 Å². The van der Waals surface area contributed by atoms with Crippen LogP contribution in [0.5, 0.6) is 0 Å². The number of aromatic nitrogens is 1. The highest BCUT2D eigenvalue weighted by molar-refractivity contribution is 6.31. The molecular weight excluding hydrogens is 413 g/mol. The van der Waals surface area contributed by atoms with Gasteiger partial charge in [0.15, 0.2) is 0 Å². The Bertz CT molecular complexity index is 857. The lowest BCUT2D eigenvalue weighted by atomic mass is 10.0. The van der Waals surface area contributed by atoms with Crippen LogP contribution in [0.1, 0.15) is 16.1 Å². The number of nitrogens with one attached hydrogen (secondary N) is 1. The van der Waals surface area contributed by atoms with E-state index in [2.05, 4.69) is 10.3 Å². The number of benzene rings is 1. The highest BCUT2D eigenvalue weighted by Gasteiger charge is 2.45. The monoisotopic (exact) mass is 437 g/mol. The van der Waals surface area contributed by atoms with Gasteiger partial charge in [-0.2, -0.15) is 0 Å². The van der Waals surface area contributed by atoms with E-state index in [-0.39, 0.29) is 23.7 Å². The number of ether oxygens (including phenoxy) is 1. The first-order chi connectivity index (χ1) is 14.4. The molecule has 0 bridgehead atoms. The van der Waals surface area contributed by atoms with Crippen LogP contribution in [0, 0.1) is 5.82 Å². The minimum absolute atomic E-state index is 0.111. The van der Waals surface area contributed by atoms with Gasteiger partial charge in [-0.1, -0.05) is 17.7 Å². The van der Waals surface area contributed by atoms with Crippen molar-refractivity contribution >= 4 is 17.5 Å². The van der Waals surface area contributed by atoms with Gasteiger partial charge in [0.05, 0.1) is 23.8 Å². The summed E-state index contributed by atoms with van der Waals surface area (Å²) in [6.45, 7) is 0.391. The maximum atomic E-state index is 13.3. The molecule has 0 spiro atoms. The molecule has 1 aromatic carbocycles. The van der Waals surface area contributed by atoms with Crippen molar-refractivity contribution in [3.05, 3.63) is 64.7 Å². The smallest absolute Gasteiger partial charge is 0.251 e. The summed E-state index contributed by atoms with van der Waals surface area (Å²) in [4.78, 5) is 18.6. The number of nitrogens with zero attached hydrogens (tertiary/aromatic N) is 2. The molecule has 2 aromatic rings. The minimum atomic E-state index is -0.911. The Morgan fingerprint density at radius 1 is 1.33 bits per heavy atom. The minimum Gasteiger partial charge on any atom is -0.394 e. The fourth-order valence-corrected chi connectivity index (χ4v) is 3.79. The van der Waals surface area contributed by atoms with E-state index >= 15 is 0 Å². The predicted octanol–water partition coefficient (Wildman–Crippen LogP) is 1.27. The van der Waals surface area contributed by atoms with Crippen molar-refractivity contribution in [2.45, 2.75) is 30.8 Å². The molecule has 0 saturated carbocycles. The van der Waals surface area contributed by atoms with Gasteiger partial charge in [0.2, 0.25) is 0 Å². The van der Waals surface area contributed by atoms with Crippen molar-refractivity contribution in [1.82, 2.24) is 15.2 Å². The Morgan fingerprint density at radius 3 is 2.80 bits per heavy atom. The highest BCUT2D eigenvalue weighted by atomic mass is 35.5. The molecule has 1 aliphatic heterocycles. The van der Waals surface area contributed by atoms with E-state index in [9.17, 15) is 19.4 Å². The predicted molar refractivity (Wildman–Crippen MR) is 110 cm³/mol. The standard InChI is InChI=1S/C21H25ClFN3O4/c1-26(9-7-14-4-2-3-8-24-14)19-17(30-18(12-27)20(19)28)11-25-21(29)13-5-6-16(23)15(22)10-13/h2-6,8,10,17-20,27-28H,7,9,11-12H2,1H3,(H,25,29)/t17-,18+,19-,20-/m1/s1. The summed E-state index contributed by atoms with van der Waals surface area (Å²) in [5, 5.41) is 22.7. The molecule has 1 fully saturated rings. The second-order valence-electron chi connectivity index (χ2n) is 7.27. The molecule has 4 atom stereocenters. The van der Waals surface area contributed by atoms with Crippen molar-refractivity contribution < 1.29 is 24.1 Å². The zero-order chi connectivity index (χ0) is 21.7. The van der Waals surface area contributed by atoms with Crippen LogP contribution >= 0.6 is 11.6 Å². The molecule has 30 heavy (non-hydrogen) atoms. The van der Waals surface area contributed by atoms with Gasteiger partial charge in [0.1, 0.15) is 18.0 Å². The van der Waals surface area contributed by atoms with Gasteiger partial charge in [-0.05, 0) is 37.4 Å². The molecule has 7 nitrogen and oxygen atoms in total. The van der Waals surface area contributed by atoms with Crippen LogP contribution in [0.2, 0.25) is 5.02 Å². The molecule has 1 amide bonds. The quantitative estimate of drug-likeness (QED) is 0.575. The van der Waals surface area contributed by atoms with Gasteiger partial charge in [-0.25, -0.2) is 4.39 Å². The summed E-state index contributed by atoms with van der Waals surface area (Å²) in [5.74, 6) is -1.03. The number of carbonyl (C=O) groups excluding carboxylic acids is 1. The number of aliphatic hydroxyl groups is 2. The van der Waals surface area contributed by atoms with Crippen LogP contribution in [0.15, 0.2) is 42.6 Å². The van der Waals surface area contributed by atoms with Crippen LogP contribution < -0.4 is 5.32 Å². The van der Waals surface area contributed by atoms with E-state index in [0.29, 0.717) is 13.0 Å². The number of hydrogen-bond acceptors (Lipinski definition) is 6. The van der Waals surface area contributed by atoms with Crippen molar-refractivity contribution in [1.29, 1.82) is 0 Å². The average Bonchev–Trinajstić information content (AvgIpc) is 3.08. The van der Waals surface area contributed by atoms with E-state index in [1.807, 2.05) is 30.1 Å². The lowest BCUT2D eigenvalue weighted by Gasteiger charge is -2.30. The van der Waals surface area contributed by atoms with Gasteiger partial charge in [0, 0.05) is 37.0 Å². The van der Waals surface area contributed by atoms with Crippen LogP contribution in [0.4, 0.5) is 4.39 Å². The fraction of sp³-hybridized carbons (Fsp3) is 0.429. The second-order valence-corrected chi connectivity index (χ2v) is 7.67. The number of amides is 1. The number of aliphatic hydroxyl groups excluding tert-OH is 2. The number of likely N-dealkylation sites (N-methyl/N-ethyl adjacent to an activating group) is 1. The first-order valence-electron chi connectivity index (χ1n) is 9.68. The third-order valence-electron chi connectivity index (χ3n) is 5.24. The van der Waals surface area contributed by atoms with Crippen molar-refractivity contribution in [2.75, 3.05) is 26.7 Å². The van der Waals surface area contributed by atoms with E-state index < -0.39 is 36.1 Å². The maximum absolute atomic E-state index is 13.3. The number of pyridine rings is 1. The fourth-order valence-electron chi connectivity index (χ4n) is 3.61. The third kappa shape index (κ3) is 5.33. The Labute approximate surface area is 179 Å². The second kappa shape index (κ2) is 10.3. The first kappa shape index (κ1) is 22.6. The van der Waals surface area contributed by atoms with Crippen molar-refractivity contribution in [2.24, 2.45) is 0 Å². The lowest BCUT2D eigenvalue weighted by molar-refractivity contribution is -0.0209. The zero-order valence-corrected chi connectivity index (χ0v) is 17.3. The first-order valence-corrected chi connectivity index (χ1v) is 10.1. The number of hydrogen-bond donors (Lipinski definition) is 3. The normalized spacial score (nSPS) is 23.7. The van der Waals surface area contributed by atoms with E-state index in [1.165, 1.54) is 12.1 Å². The van der Waals surface area contributed by atoms with E-state index in [0.717, 1.165) is 11.8 Å². The summed E-state index contributed by atoms with van der Waals surface area (Å²) in [6, 6.07) is 8.99. The number of halogens is 2. The van der Waals surface area contributed by atoms with Gasteiger partial charge < -0.3 is 20.3 Å². The van der Waals surface area contributed by atoms with Gasteiger partial charge in [-0.15, -0.1) is 0 Å². The van der Waals surface area contributed by atoms with Gasteiger partial charge in [0.25, 0.3) is 5.91 Å². The molecule has 9 heteroatoms. The third-order valence-corrected chi connectivity index (χ3v) is 5.53. The lowest BCUT2D eigenvalue weighted by Crippen LogP contribution is -2.50. The topological polar surface area (TPSA) is 94.9 Å². The van der Waals surface area contributed by atoms with Crippen molar-refractivity contribution in [3.63, 3.8) is 0 Å². The summed E-state index contributed by atoms with van der Waals surface area (Å²) in [7, 11) is 1.86. The van der Waals surface area contributed by atoms with E-state index in [4.69, 9.17) is 16.3 Å². The summed E-state index contributed by atoms with van der Waals surface area (Å²) >= 11 is 5.74. The van der Waals surface area contributed by atoms with Gasteiger partial charge in [-0.3, -0.25) is 14.7 Å². The SMILES string of the molecule is CN(CCc1ccccn1)[C@H]1[C@H](O)[C@H](CO)O[C@@H]1CNC(=O)c1ccc(F)c(Cl)c1. The summed E-state index contributed by atoms with van der Waals surface area (Å²) in [6.07, 6.45) is 0.216. The molecule has 0 radical (unpaired) electrons. The molecule has 2 heterocycles. The van der Waals surface area contributed by atoms with Crippen LogP contribution in [-0.2, 0) is 11.2 Å². The molecule has 1 saturated heterocycles. The summed E-state index contributed by atoms with van der Waals surface area (Å²) in [5.41, 5.74) is 1.15.